The van der Waals surface area contributed by atoms with Crippen molar-refractivity contribution in [2.45, 2.75) is 18.9 Å². The van der Waals surface area contributed by atoms with E-state index in [1.54, 1.807) is 0 Å². The second kappa shape index (κ2) is 5.06. The molecular weight excluding hydrogens is 231 g/mol. The van der Waals surface area contributed by atoms with Crippen LogP contribution in [0, 0.1) is 11.7 Å². The first-order valence-corrected chi connectivity index (χ1v) is 6.47. The van der Waals surface area contributed by atoms with Crippen LogP contribution >= 0.6 is 0 Å². The highest BCUT2D eigenvalue weighted by molar-refractivity contribution is 5.80. The van der Waals surface area contributed by atoms with E-state index < -0.39 is 0 Å². The summed E-state index contributed by atoms with van der Waals surface area (Å²) in [6.45, 7) is 2.68. The Kier molecular flexibility index (Phi) is 3.28. The molecule has 2 aliphatic rings. The van der Waals surface area contributed by atoms with E-state index in [1.807, 2.05) is 12.1 Å². The van der Waals surface area contributed by atoms with Gasteiger partial charge < -0.3 is 10.1 Å². The molecule has 18 heavy (non-hydrogen) atoms. The third-order valence-corrected chi connectivity index (χ3v) is 3.53. The molecule has 1 saturated heterocycles. The van der Waals surface area contributed by atoms with Gasteiger partial charge in [0, 0.05) is 12.5 Å². The van der Waals surface area contributed by atoms with Gasteiger partial charge >= 0.3 is 0 Å². The lowest BCUT2D eigenvalue weighted by molar-refractivity contribution is 0.299. The molecule has 0 spiro atoms. The van der Waals surface area contributed by atoms with Gasteiger partial charge in [0.1, 0.15) is 12.4 Å². The molecule has 1 aromatic carbocycles. The molecule has 0 radical (unpaired) electrons. The minimum atomic E-state index is -0.192. The topological polar surface area (TPSA) is 33.6 Å². The number of rotatable bonds is 3. The Morgan fingerprint density at radius 3 is 2.89 bits per heavy atom. The number of nitrogens with one attached hydrogen (secondary N) is 1. The van der Waals surface area contributed by atoms with Gasteiger partial charge in [-0.05, 0) is 37.1 Å². The number of hydrogen-bond donors (Lipinski definition) is 1. The molecule has 0 amide bonds. The van der Waals surface area contributed by atoms with Gasteiger partial charge in [-0.15, -0.1) is 0 Å². The second-order valence-corrected chi connectivity index (χ2v) is 4.95. The standard InChI is InChI=1S/C14H17FN2O/c15-12-3-1-10(2-4-12)7-13-9-18-14(17-13)11-5-6-16-8-11/h1-4,11,13,16H,5-9H2. The van der Waals surface area contributed by atoms with Gasteiger partial charge in [0.05, 0.1) is 6.04 Å². The molecule has 3 rings (SSSR count). The van der Waals surface area contributed by atoms with E-state index in [0.29, 0.717) is 12.5 Å². The van der Waals surface area contributed by atoms with Crippen LogP contribution < -0.4 is 5.32 Å². The molecule has 0 aromatic heterocycles. The van der Waals surface area contributed by atoms with Crippen molar-refractivity contribution >= 4 is 5.90 Å². The van der Waals surface area contributed by atoms with Crippen LogP contribution in [-0.2, 0) is 11.2 Å². The molecule has 4 heteroatoms. The Balaban J connectivity index is 1.62. The Morgan fingerprint density at radius 2 is 2.17 bits per heavy atom. The summed E-state index contributed by atoms with van der Waals surface area (Å²) in [4.78, 5) is 4.65. The summed E-state index contributed by atoms with van der Waals surface area (Å²) in [5, 5.41) is 3.32. The summed E-state index contributed by atoms with van der Waals surface area (Å²) in [5.41, 5.74) is 1.11. The maximum absolute atomic E-state index is 12.8. The van der Waals surface area contributed by atoms with Crippen LogP contribution in [0.4, 0.5) is 4.39 Å². The summed E-state index contributed by atoms with van der Waals surface area (Å²) in [6, 6.07) is 6.82. The average Bonchev–Trinajstić information content (AvgIpc) is 3.02. The SMILES string of the molecule is Fc1ccc(CC2COC(C3CCNC3)=N2)cc1. The first-order valence-electron chi connectivity index (χ1n) is 6.47. The fourth-order valence-corrected chi connectivity index (χ4v) is 2.52. The fraction of sp³-hybridized carbons (Fsp3) is 0.500. The minimum Gasteiger partial charge on any atom is -0.478 e. The minimum absolute atomic E-state index is 0.186. The number of benzene rings is 1. The average molecular weight is 248 g/mol. The molecular formula is C14H17FN2O. The van der Waals surface area contributed by atoms with E-state index >= 15 is 0 Å². The molecule has 2 atom stereocenters. The van der Waals surface area contributed by atoms with Crippen LogP contribution in [0.3, 0.4) is 0 Å². The molecule has 0 saturated carbocycles. The Labute approximate surface area is 106 Å². The number of ether oxygens (including phenoxy) is 1. The third-order valence-electron chi connectivity index (χ3n) is 3.53. The Hall–Kier alpha value is -1.42. The molecule has 2 heterocycles. The molecule has 2 aliphatic heterocycles. The van der Waals surface area contributed by atoms with E-state index in [1.165, 1.54) is 12.1 Å². The van der Waals surface area contributed by atoms with Gasteiger partial charge in [0.15, 0.2) is 5.90 Å². The zero-order valence-corrected chi connectivity index (χ0v) is 10.2. The Morgan fingerprint density at radius 1 is 1.33 bits per heavy atom. The van der Waals surface area contributed by atoms with Crippen LogP contribution in [-0.4, -0.2) is 31.6 Å². The van der Waals surface area contributed by atoms with Gasteiger partial charge in [-0.2, -0.15) is 0 Å². The van der Waals surface area contributed by atoms with Crippen LogP contribution in [0.5, 0.6) is 0 Å². The molecule has 1 fully saturated rings. The fourth-order valence-electron chi connectivity index (χ4n) is 2.52. The normalized spacial score (nSPS) is 27.1. The van der Waals surface area contributed by atoms with Crippen molar-refractivity contribution in [2.24, 2.45) is 10.9 Å². The van der Waals surface area contributed by atoms with Crippen molar-refractivity contribution in [1.82, 2.24) is 5.32 Å². The zero-order chi connectivity index (χ0) is 12.4. The molecule has 96 valence electrons. The highest BCUT2D eigenvalue weighted by atomic mass is 19.1. The summed E-state index contributed by atoms with van der Waals surface area (Å²) in [7, 11) is 0. The number of nitrogens with zero attached hydrogens (tertiary/aromatic N) is 1. The highest BCUT2D eigenvalue weighted by Gasteiger charge is 2.28. The molecule has 3 nitrogen and oxygen atoms in total. The van der Waals surface area contributed by atoms with Crippen molar-refractivity contribution in [3.05, 3.63) is 35.6 Å². The molecule has 1 N–H and O–H groups in total. The summed E-state index contributed by atoms with van der Waals surface area (Å²) < 4.78 is 18.5. The first kappa shape index (κ1) is 11.7. The molecule has 1 aromatic rings. The smallest absolute Gasteiger partial charge is 0.188 e. The van der Waals surface area contributed by atoms with Crippen molar-refractivity contribution in [3.63, 3.8) is 0 Å². The van der Waals surface area contributed by atoms with Gasteiger partial charge in [-0.1, -0.05) is 12.1 Å². The largest absolute Gasteiger partial charge is 0.478 e. The van der Waals surface area contributed by atoms with E-state index in [0.717, 1.165) is 37.4 Å². The van der Waals surface area contributed by atoms with Crippen molar-refractivity contribution < 1.29 is 9.13 Å². The van der Waals surface area contributed by atoms with Crippen molar-refractivity contribution in [3.8, 4) is 0 Å². The molecule has 0 aliphatic carbocycles. The van der Waals surface area contributed by atoms with E-state index in [-0.39, 0.29) is 11.9 Å². The van der Waals surface area contributed by atoms with Crippen LogP contribution in [0.2, 0.25) is 0 Å². The monoisotopic (exact) mass is 248 g/mol. The quantitative estimate of drug-likeness (QED) is 0.884. The predicted molar refractivity (Wildman–Crippen MR) is 68.3 cm³/mol. The first-order chi connectivity index (χ1) is 8.81. The maximum atomic E-state index is 12.8. The maximum Gasteiger partial charge on any atom is 0.188 e. The van der Waals surface area contributed by atoms with E-state index in [2.05, 4.69) is 10.3 Å². The lowest BCUT2D eigenvalue weighted by atomic mass is 10.1. The number of hydrogen-bond acceptors (Lipinski definition) is 3. The van der Waals surface area contributed by atoms with Crippen molar-refractivity contribution in [2.75, 3.05) is 19.7 Å². The van der Waals surface area contributed by atoms with Gasteiger partial charge in [-0.25, -0.2) is 9.38 Å². The summed E-state index contributed by atoms with van der Waals surface area (Å²) in [6.07, 6.45) is 1.94. The van der Waals surface area contributed by atoms with E-state index in [9.17, 15) is 4.39 Å². The lowest BCUT2D eigenvalue weighted by Gasteiger charge is -2.06. The number of halogens is 1. The predicted octanol–water partition coefficient (Wildman–Crippen LogP) is 1.77. The van der Waals surface area contributed by atoms with Crippen LogP contribution in [0.15, 0.2) is 29.3 Å². The van der Waals surface area contributed by atoms with Crippen LogP contribution in [0.25, 0.3) is 0 Å². The second-order valence-electron chi connectivity index (χ2n) is 4.95. The van der Waals surface area contributed by atoms with Gasteiger partial charge in [0.2, 0.25) is 0 Å². The van der Waals surface area contributed by atoms with Crippen molar-refractivity contribution in [1.29, 1.82) is 0 Å². The van der Waals surface area contributed by atoms with E-state index in [4.69, 9.17) is 4.74 Å². The molecule has 2 unspecified atom stereocenters. The summed E-state index contributed by atoms with van der Waals surface area (Å²) >= 11 is 0. The zero-order valence-electron chi connectivity index (χ0n) is 10.2. The Bertz CT molecular complexity index is 438. The third kappa shape index (κ3) is 2.53. The highest BCUT2D eigenvalue weighted by Crippen LogP contribution is 2.19. The summed E-state index contributed by atoms with van der Waals surface area (Å²) in [5.74, 6) is 1.16. The van der Waals surface area contributed by atoms with Gasteiger partial charge in [-0.3, -0.25) is 0 Å². The molecule has 0 bridgehead atoms. The lowest BCUT2D eigenvalue weighted by Crippen LogP contribution is -2.17. The number of aliphatic imine (C=N–C) groups is 1. The van der Waals surface area contributed by atoms with Gasteiger partial charge in [0.25, 0.3) is 0 Å². The van der Waals surface area contributed by atoms with Crippen LogP contribution in [0.1, 0.15) is 12.0 Å².